The highest BCUT2D eigenvalue weighted by Crippen LogP contribution is 2.18. The number of amides is 2. The lowest BCUT2D eigenvalue weighted by atomic mass is 10.3. The average Bonchev–Trinajstić information content (AvgIpc) is 2.58. The van der Waals surface area contributed by atoms with Gasteiger partial charge in [-0.15, -0.1) is 11.8 Å². The second kappa shape index (κ2) is 9.12. The average molecular weight is 360 g/mol. The van der Waals surface area contributed by atoms with Crippen molar-refractivity contribution < 1.29 is 4.79 Å². The van der Waals surface area contributed by atoms with Crippen LogP contribution in [0.2, 0.25) is 0 Å². The Labute approximate surface area is 152 Å². The van der Waals surface area contributed by atoms with Crippen LogP contribution in [0, 0.1) is 6.92 Å². The number of carbonyl (C=O) groups is 1. The number of carbonyl (C=O) groups excluding carboxylic acids is 1. The first-order chi connectivity index (χ1) is 12.0. The van der Waals surface area contributed by atoms with Crippen LogP contribution in [0.3, 0.4) is 0 Å². The Kier molecular flexibility index (Phi) is 6.88. The minimum absolute atomic E-state index is 0.237. The molecule has 2 amide bonds. The largest absolute Gasteiger partial charge is 0.363 e. The van der Waals surface area contributed by atoms with E-state index in [1.54, 1.807) is 11.8 Å². The zero-order valence-electron chi connectivity index (χ0n) is 15.0. The third-order valence-electron chi connectivity index (χ3n) is 3.32. The molecule has 0 saturated heterocycles. The number of urea groups is 1. The molecular weight excluding hydrogens is 336 g/mol. The van der Waals surface area contributed by atoms with Gasteiger partial charge in [0.15, 0.2) is 0 Å². The van der Waals surface area contributed by atoms with Gasteiger partial charge in [-0.1, -0.05) is 6.07 Å². The van der Waals surface area contributed by atoms with Crippen LogP contribution >= 0.6 is 11.8 Å². The molecule has 2 rings (SSSR count). The summed E-state index contributed by atoms with van der Waals surface area (Å²) in [5, 5.41) is 8.75. The van der Waals surface area contributed by atoms with E-state index in [1.165, 1.54) is 0 Å². The number of nitrogens with zero attached hydrogens (tertiary/aromatic N) is 3. The van der Waals surface area contributed by atoms with E-state index in [0.717, 1.165) is 22.1 Å². The number of hydrogen-bond donors (Lipinski definition) is 3. The lowest BCUT2D eigenvalue weighted by Gasteiger charge is -2.14. The highest BCUT2D eigenvalue weighted by Gasteiger charge is 2.05. The van der Waals surface area contributed by atoms with Crippen LogP contribution < -0.4 is 20.9 Å². The summed E-state index contributed by atoms with van der Waals surface area (Å²) in [7, 11) is 3.87. The summed E-state index contributed by atoms with van der Waals surface area (Å²) in [5.41, 5.74) is 1.66. The van der Waals surface area contributed by atoms with Gasteiger partial charge in [0.25, 0.3) is 0 Å². The van der Waals surface area contributed by atoms with Crippen molar-refractivity contribution in [2.24, 2.45) is 0 Å². The summed E-state index contributed by atoms with van der Waals surface area (Å²) in [6, 6.07) is 9.40. The Morgan fingerprint density at radius 2 is 2.00 bits per heavy atom. The molecule has 0 aliphatic heterocycles. The van der Waals surface area contributed by atoms with Crippen molar-refractivity contribution in [3.8, 4) is 0 Å². The van der Waals surface area contributed by atoms with Crippen LogP contribution in [-0.4, -0.2) is 49.4 Å². The summed E-state index contributed by atoms with van der Waals surface area (Å²) in [6.07, 6.45) is 2.00. The fraction of sp³-hybridized carbons (Fsp3) is 0.353. The van der Waals surface area contributed by atoms with E-state index in [2.05, 4.69) is 25.9 Å². The molecule has 1 aromatic carbocycles. The number of thioether (sulfide) groups is 1. The third-order valence-corrected chi connectivity index (χ3v) is 4.05. The standard InChI is InChI=1S/C17H24N6OS/c1-12-10-15(23(2)3)22-16(20-12)18-8-9-19-17(24)21-13-6-5-7-14(11-13)25-4/h5-7,10-11H,8-9H2,1-4H3,(H,18,20,22)(H2,19,21,24). The maximum atomic E-state index is 11.9. The van der Waals surface area contributed by atoms with Gasteiger partial charge in [-0.2, -0.15) is 4.98 Å². The van der Waals surface area contributed by atoms with Crippen molar-refractivity contribution in [3.63, 3.8) is 0 Å². The smallest absolute Gasteiger partial charge is 0.319 e. The molecule has 0 saturated carbocycles. The summed E-state index contributed by atoms with van der Waals surface area (Å²) in [5.74, 6) is 1.40. The topological polar surface area (TPSA) is 82.2 Å². The Balaban J connectivity index is 1.78. The highest BCUT2D eigenvalue weighted by atomic mass is 32.2. The van der Waals surface area contributed by atoms with Crippen molar-refractivity contribution in [2.45, 2.75) is 11.8 Å². The molecule has 25 heavy (non-hydrogen) atoms. The van der Waals surface area contributed by atoms with E-state index in [1.807, 2.05) is 62.5 Å². The van der Waals surface area contributed by atoms with Gasteiger partial charge in [0.1, 0.15) is 5.82 Å². The number of rotatable bonds is 7. The highest BCUT2D eigenvalue weighted by molar-refractivity contribution is 7.98. The van der Waals surface area contributed by atoms with Gasteiger partial charge >= 0.3 is 6.03 Å². The molecule has 134 valence electrons. The zero-order valence-corrected chi connectivity index (χ0v) is 15.8. The molecular formula is C17H24N6OS. The van der Waals surface area contributed by atoms with Crippen LogP contribution in [-0.2, 0) is 0 Å². The Hall–Kier alpha value is -2.48. The van der Waals surface area contributed by atoms with Gasteiger partial charge in [-0.3, -0.25) is 0 Å². The number of aromatic nitrogens is 2. The summed E-state index contributed by atoms with van der Waals surface area (Å²) in [4.78, 5) is 23.7. The quantitative estimate of drug-likeness (QED) is 0.520. The number of anilines is 3. The van der Waals surface area contributed by atoms with Gasteiger partial charge in [-0.05, 0) is 31.4 Å². The normalized spacial score (nSPS) is 10.2. The van der Waals surface area contributed by atoms with E-state index in [9.17, 15) is 4.79 Å². The summed E-state index contributed by atoms with van der Waals surface area (Å²) in [6.45, 7) is 2.92. The van der Waals surface area contributed by atoms with E-state index < -0.39 is 0 Å². The van der Waals surface area contributed by atoms with Crippen LogP contribution in [0.4, 0.5) is 22.2 Å². The lowest BCUT2D eigenvalue weighted by Crippen LogP contribution is -2.32. The van der Waals surface area contributed by atoms with Gasteiger partial charge in [0.05, 0.1) is 0 Å². The molecule has 7 nitrogen and oxygen atoms in total. The summed E-state index contributed by atoms with van der Waals surface area (Å²) < 4.78 is 0. The Morgan fingerprint density at radius 1 is 1.20 bits per heavy atom. The molecule has 3 N–H and O–H groups in total. The zero-order chi connectivity index (χ0) is 18.2. The van der Waals surface area contributed by atoms with Gasteiger partial charge < -0.3 is 20.9 Å². The fourth-order valence-electron chi connectivity index (χ4n) is 2.09. The van der Waals surface area contributed by atoms with Crippen molar-refractivity contribution in [3.05, 3.63) is 36.0 Å². The first-order valence-electron chi connectivity index (χ1n) is 7.93. The van der Waals surface area contributed by atoms with E-state index >= 15 is 0 Å². The SMILES string of the molecule is CSc1cccc(NC(=O)NCCNc2nc(C)cc(N(C)C)n2)c1. The van der Waals surface area contributed by atoms with Crippen LogP contribution in [0.1, 0.15) is 5.69 Å². The first kappa shape index (κ1) is 18.9. The summed E-state index contributed by atoms with van der Waals surface area (Å²) >= 11 is 1.63. The third kappa shape index (κ3) is 6.15. The first-order valence-corrected chi connectivity index (χ1v) is 9.16. The Morgan fingerprint density at radius 3 is 2.72 bits per heavy atom. The maximum Gasteiger partial charge on any atom is 0.319 e. The van der Waals surface area contributed by atoms with Crippen molar-refractivity contribution in [1.82, 2.24) is 15.3 Å². The number of nitrogens with one attached hydrogen (secondary N) is 3. The number of hydrogen-bond acceptors (Lipinski definition) is 6. The molecule has 0 fully saturated rings. The molecule has 0 aliphatic carbocycles. The minimum atomic E-state index is -0.237. The van der Waals surface area contributed by atoms with Crippen LogP contribution in [0.15, 0.2) is 35.2 Å². The molecule has 8 heteroatoms. The second-order valence-electron chi connectivity index (χ2n) is 5.63. The maximum absolute atomic E-state index is 11.9. The lowest BCUT2D eigenvalue weighted by molar-refractivity contribution is 0.252. The van der Waals surface area contributed by atoms with Gasteiger partial charge in [0.2, 0.25) is 5.95 Å². The fourth-order valence-corrected chi connectivity index (χ4v) is 2.55. The Bertz CT molecular complexity index is 722. The predicted octanol–water partition coefficient (Wildman–Crippen LogP) is 2.81. The van der Waals surface area contributed by atoms with Crippen LogP contribution in [0.5, 0.6) is 0 Å². The molecule has 2 aromatic rings. The van der Waals surface area contributed by atoms with Gasteiger partial charge in [0, 0.05) is 49.5 Å². The van der Waals surface area contributed by atoms with Crippen molar-refractivity contribution >= 4 is 35.2 Å². The molecule has 0 atom stereocenters. The monoisotopic (exact) mass is 360 g/mol. The molecule has 0 spiro atoms. The molecule has 0 radical (unpaired) electrons. The minimum Gasteiger partial charge on any atom is -0.363 e. The van der Waals surface area contributed by atoms with E-state index in [-0.39, 0.29) is 6.03 Å². The van der Waals surface area contributed by atoms with Crippen LogP contribution in [0.25, 0.3) is 0 Å². The molecule has 1 heterocycles. The van der Waals surface area contributed by atoms with E-state index in [0.29, 0.717) is 19.0 Å². The number of aryl methyl sites for hydroxylation is 1. The second-order valence-corrected chi connectivity index (χ2v) is 6.50. The molecule has 1 aromatic heterocycles. The van der Waals surface area contributed by atoms with Crippen molar-refractivity contribution in [2.75, 3.05) is 49.0 Å². The molecule has 0 bridgehead atoms. The predicted molar refractivity (Wildman–Crippen MR) is 105 cm³/mol. The van der Waals surface area contributed by atoms with Crippen molar-refractivity contribution in [1.29, 1.82) is 0 Å². The van der Waals surface area contributed by atoms with E-state index in [4.69, 9.17) is 0 Å². The van der Waals surface area contributed by atoms with Gasteiger partial charge in [-0.25, -0.2) is 9.78 Å². The molecule has 0 aliphatic rings. The molecule has 0 unspecified atom stereocenters. The number of benzene rings is 1.